The lowest BCUT2D eigenvalue weighted by atomic mass is 10.0. The Hall–Kier alpha value is -2.56. The maximum absolute atomic E-state index is 13.3. The van der Waals surface area contributed by atoms with Crippen LogP contribution in [-0.4, -0.2) is 64.5 Å². The first-order chi connectivity index (χ1) is 14.8. The fourth-order valence-electron chi connectivity index (χ4n) is 3.72. The van der Waals surface area contributed by atoms with Crippen LogP contribution in [0.2, 0.25) is 0 Å². The molecule has 1 fully saturated rings. The molecule has 164 valence electrons. The average Bonchev–Trinajstić information content (AvgIpc) is 3.41. The topological polar surface area (TPSA) is 88.4 Å². The molecule has 10 heteroatoms. The molecule has 31 heavy (non-hydrogen) atoms. The lowest BCUT2D eigenvalue weighted by Crippen LogP contribution is -2.50. The van der Waals surface area contributed by atoms with E-state index < -0.39 is 10.0 Å². The van der Waals surface area contributed by atoms with Gasteiger partial charge in [-0.25, -0.2) is 18.1 Å². The normalized spacial score (nSPS) is 15.5. The molecule has 4 rings (SSSR count). The van der Waals surface area contributed by atoms with E-state index in [1.54, 1.807) is 28.0 Å². The molecule has 1 aliphatic rings. The Balaban J connectivity index is 1.52. The van der Waals surface area contributed by atoms with Gasteiger partial charge in [-0.1, -0.05) is 19.9 Å². The lowest BCUT2D eigenvalue weighted by Gasteiger charge is -2.33. The van der Waals surface area contributed by atoms with Gasteiger partial charge in [0.15, 0.2) is 5.82 Å². The van der Waals surface area contributed by atoms with Crippen molar-refractivity contribution in [3.63, 3.8) is 0 Å². The summed E-state index contributed by atoms with van der Waals surface area (Å²) in [5.74, 6) is 0.592. The monoisotopic (exact) mass is 459 g/mol. The molecule has 8 nitrogen and oxygen atoms in total. The maximum atomic E-state index is 13.3. The minimum Gasteiger partial charge on any atom is -0.336 e. The van der Waals surface area contributed by atoms with Crippen LogP contribution in [0.25, 0.3) is 5.82 Å². The molecular formula is C21H25N5O3S2. The highest BCUT2D eigenvalue weighted by atomic mass is 32.2. The number of carbonyl (C=O) groups excluding carboxylic acids is 1. The lowest BCUT2D eigenvalue weighted by molar-refractivity contribution is 0.0696. The summed E-state index contributed by atoms with van der Waals surface area (Å²) in [5, 5.41) is 4.42. The quantitative estimate of drug-likeness (QED) is 0.585. The Labute approximate surface area is 186 Å². The van der Waals surface area contributed by atoms with Crippen molar-refractivity contribution in [3.8, 4) is 5.82 Å². The van der Waals surface area contributed by atoms with E-state index in [1.165, 1.54) is 15.6 Å². The number of hydrogen-bond acceptors (Lipinski definition) is 6. The summed E-state index contributed by atoms with van der Waals surface area (Å²) >= 11 is 1.27. The highest BCUT2D eigenvalue weighted by Crippen LogP contribution is 2.27. The van der Waals surface area contributed by atoms with Gasteiger partial charge in [0.25, 0.3) is 15.9 Å². The fraction of sp³-hybridized carbons (Fsp3) is 0.381. The highest BCUT2D eigenvalue weighted by Gasteiger charge is 2.33. The number of sulfonamides is 1. The van der Waals surface area contributed by atoms with Gasteiger partial charge in [0.05, 0.1) is 17.5 Å². The molecule has 4 heterocycles. The number of pyridine rings is 1. The second kappa shape index (κ2) is 8.52. The molecule has 3 aromatic heterocycles. The molecule has 0 saturated carbocycles. The number of amides is 1. The van der Waals surface area contributed by atoms with E-state index >= 15 is 0 Å². The van der Waals surface area contributed by atoms with E-state index in [2.05, 4.69) is 10.1 Å². The van der Waals surface area contributed by atoms with Crippen LogP contribution in [-0.2, 0) is 10.0 Å². The molecular weight excluding hydrogens is 434 g/mol. The van der Waals surface area contributed by atoms with Crippen LogP contribution in [0.15, 0.2) is 46.9 Å². The summed E-state index contributed by atoms with van der Waals surface area (Å²) in [6.07, 6.45) is 3.28. The largest absolute Gasteiger partial charge is 0.336 e. The Morgan fingerprint density at radius 2 is 1.84 bits per heavy atom. The van der Waals surface area contributed by atoms with Crippen molar-refractivity contribution >= 4 is 27.3 Å². The van der Waals surface area contributed by atoms with Gasteiger partial charge in [0, 0.05) is 37.3 Å². The van der Waals surface area contributed by atoms with Crippen LogP contribution in [0.3, 0.4) is 0 Å². The van der Waals surface area contributed by atoms with Gasteiger partial charge < -0.3 is 4.90 Å². The molecule has 1 saturated heterocycles. The minimum absolute atomic E-state index is 0.0622. The first kappa shape index (κ1) is 21.7. The number of thiophene rings is 1. The molecule has 0 bridgehead atoms. The number of rotatable bonds is 5. The third kappa shape index (κ3) is 4.15. The zero-order chi connectivity index (χ0) is 22.2. The number of aryl methyl sites for hydroxylation is 1. The van der Waals surface area contributed by atoms with E-state index in [4.69, 9.17) is 0 Å². The SMILES string of the molecule is Cc1ccc(S(=O)(=O)N2CCN(C(=O)c3cnn(-c4ccccn4)c3C(C)C)CC2)s1. The van der Waals surface area contributed by atoms with Gasteiger partial charge in [-0.3, -0.25) is 4.79 Å². The summed E-state index contributed by atoms with van der Waals surface area (Å²) in [6.45, 7) is 7.15. The number of aromatic nitrogens is 3. The van der Waals surface area contributed by atoms with E-state index in [0.717, 1.165) is 10.6 Å². The summed E-state index contributed by atoms with van der Waals surface area (Å²) < 4.78 is 29.2. The van der Waals surface area contributed by atoms with Crippen LogP contribution in [0.5, 0.6) is 0 Å². The smallest absolute Gasteiger partial charge is 0.257 e. The van der Waals surface area contributed by atoms with Crippen LogP contribution in [0, 0.1) is 6.92 Å². The zero-order valence-electron chi connectivity index (χ0n) is 17.7. The standard InChI is InChI=1S/C21H25N5O3S2/c1-15(2)20-17(14-23-26(20)18-6-4-5-9-22-18)21(27)24-10-12-25(13-11-24)31(28,29)19-8-7-16(3)30-19/h4-9,14-15H,10-13H2,1-3H3. The van der Waals surface area contributed by atoms with Gasteiger partial charge in [-0.15, -0.1) is 11.3 Å². The first-order valence-corrected chi connectivity index (χ1v) is 12.4. The van der Waals surface area contributed by atoms with E-state index in [1.807, 2.05) is 45.0 Å². The molecule has 0 N–H and O–H groups in total. The average molecular weight is 460 g/mol. The molecule has 0 atom stereocenters. The van der Waals surface area contributed by atoms with Crippen LogP contribution in [0.4, 0.5) is 0 Å². The van der Waals surface area contributed by atoms with Crippen molar-refractivity contribution in [2.45, 2.75) is 30.9 Å². The number of piperazine rings is 1. The second-order valence-corrected chi connectivity index (χ2v) is 11.2. The zero-order valence-corrected chi connectivity index (χ0v) is 19.4. The number of carbonyl (C=O) groups is 1. The van der Waals surface area contributed by atoms with Gasteiger partial charge in [-0.05, 0) is 37.1 Å². The van der Waals surface area contributed by atoms with E-state index in [9.17, 15) is 13.2 Å². The Kier molecular flexibility index (Phi) is 5.96. The van der Waals surface area contributed by atoms with Gasteiger partial charge in [0.1, 0.15) is 4.21 Å². The maximum Gasteiger partial charge on any atom is 0.257 e. The molecule has 0 unspecified atom stereocenters. The minimum atomic E-state index is -3.52. The Bertz CT molecular complexity index is 1180. The van der Waals surface area contributed by atoms with Crippen LogP contribution in [0.1, 0.15) is 40.7 Å². The predicted octanol–water partition coefficient (Wildman–Crippen LogP) is 2.91. The molecule has 0 spiro atoms. The number of nitrogens with zero attached hydrogens (tertiary/aromatic N) is 5. The van der Waals surface area contributed by atoms with Crippen molar-refractivity contribution in [3.05, 3.63) is 58.9 Å². The summed E-state index contributed by atoms with van der Waals surface area (Å²) in [5.41, 5.74) is 1.33. The van der Waals surface area contributed by atoms with Crippen molar-refractivity contribution in [2.75, 3.05) is 26.2 Å². The van der Waals surface area contributed by atoms with Crippen molar-refractivity contribution in [1.82, 2.24) is 24.0 Å². The summed E-state index contributed by atoms with van der Waals surface area (Å²) in [4.78, 5) is 20.3. The van der Waals surface area contributed by atoms with E-state index in [-0.39, 0.29) is 24.9 Å². The van der Waals surface area contributed by atoms with Crippen molar-refractivity contribution in [1.29, 1.82) is 0 Å². The first-order valence-electron chi connectivity index (χ1n) is 10.1. The molecule has 0 aliphatic carbocycles. The molecule has 0 aromatic carbocycles. The molecule has 3 aromatic rings. The van der Waals surface area contributed by atoms with Crippen molar-refractivity contribution < 1.29 is 13.2 Å². The summed E-state index contributed by atoms with van der Waals surface area (Å²) in [7, 11) is -3.52. The van der Waals surface area contributed by atoms with Crippen LogP contribution < -0.4 is 0 Å². The van der Waals surface area contributed by atoms with Gasteiger partial charge >= 0.3 is 0 Å². The highest BCUT2D eigenvalue weighted by molar-refractivity contribution is 7.91. The van der Waals surface area contributed by atoms with Crippen molar-refractivity contribution in [2.24, 2.45) is 0 Å². The Morgan fingerprint density at radius 3 is 2.42 bits per heavy atom. The molecule has 1 amide bonds. The third-order valence-corrected chi connectivity index (χ3v) is 8.65. The number of hydrogen-bond donors (Lipinski definition) is 0. The molecule has 0 radical (unpaired) electrons. The van der Waals surface area contributed by atoms with Crippen LogP contribution >= 0.6 is 11.3 Å². The fourth-order valence-corrected chi connectivity index (χ4v) is 6.58. The predicted molar refractivity (Wildman–Crippen MR) is 119 cm³/mol. The summed E-state index contributed by atoms with van der Waals surface area (Å²) in [6, 6.07) is 9.02. The van der Waals surface area contributed by atoms with Gasteiger partial charge in [-0.2, -0.15) is 9.40 Å². The second-order valence-electron chi connectivity index (χ2n) is 7.76. The third-order valence-electron chi connectivity index (χ3n) is 5.29. The van der Waals surface area contributed by atoms with Gasteiger partial charge in [0.2, 0.25) is 0 Å². The molecule has 1 aliphatic heterocycles. The van der Waals surface area contributed by atoms with E-state index in [0.29, 0.717) is 28.7 Å². The Morgan fingerprint density at radius 1 is 1.10 bits per heavy atom.